The van der Waals surface area contributed by atoms with Crippen LogP contribution in [0.15, 0.2) is 0 Å². The van der Waals surface area contributed by atoms with Crippen molar-refractivity contribution in [2.45, 2.75) is 130 Å². The molecule has 0 aromatic rings. The summed E-state index contributed by atoms with van der Waals surface area (Å²) in [4.78, 5) is 0. The topological polar surface area (TPSA) is 27.7 Å². The SMILES string of the molecule is CC[Si](CC)(CC)OC(C)(O[Si](CC)(CC)CC)O[Si](CC)(CC)CC. The molecule has 0 spiro atoms. The highest BCUT2D eigenvalue weighted by Gasteiger charge is 2.48. The van der Waals surface area contributed by atoms with E-state index >= 15 is 0 Å². The van der Waals surface area contributed by atoms with Gasteiger partial charge in [0.25, 0.3) is 5.97 Å². The van der Waals surface area contributed by atoms with Gasteiger partial charge in [-0.3, -0.25) is 0 Å². The van der Waals surface area contributed by atoms with Crippen molar-refractivity contribution >= 4 is 25.0 Å². The zero-order valence-electron chi connectivity index (χ0n) is 19.6. The molecule has 0 aliphatic rings. The van der Waals surface area contributed by atoms with Crippen molar-refractivity contribution in [3.63, 3.8) is 0 Å². The molecule has 0 radical (unpaired) electrons. The minimum Gasteiger partial charge on any atom is -0.370 e. The average Bonchev–Trinajstić information content (AvgIpc) is 2.69. The highest BCUT2D eigenvalue weighted by molar-refractivity contribution is 6.75. The van der Waals surface area contributed by atoms with Gasteiger partial charge in [0.15, 0.2) is 25.0 Å². The number of hydrogen-bond acceptors (Lipinski definition) is 3. The van der Waals surface area contributed by atoms with Crippen molar-refractivity contribution in [1.29, 1.82) is 0 Å². The van der Waals surface area contributed by atoms with Gasteiger partial charge in [-0.15, -0.1) is 0 Å². The van der Waals surface area contributed by atoms with Crippen molar-refractivity contribution in [2.75, 3.05) is 0 Å². The van der Waals surface area contributed by atoms with Crippen molar-refractivity contribution in [1.82, 2.24) is 0 Å². The molecule has 0 atom stereocenters. The third-order valence-corrected chi connectivity index (χ3v) is 21.0. The Morgan fingerprint density at radius 1 is 0.423 bits per heavy atom. The fourth-order valence-electron chi connectivity index (χ4n) is 4.14. The molecule has 0 bridgehead atoms. The van der Waals surface area contributed by atoms with Crippen molar-refractivity contribution < 1.29 is 13.3 Å². The maximum atomic E-state index is 6.96. The average molecular weight is 421 g/mol. The largest absolute Gasteiger partial charge is 0.370 e. The van der Waals surface area contributed by atoms with Gasteiger partial charge in [0.1, 0.15) is 0 Å². The second-order valence-electron chi connectivity index (χ2n) is 7.90. The van der Waals surface area contributed by atoms with E-state index in [1.807, 2.05) is 0 Å². The molecule has 26 heavy (non-hydrogen) atoms. The third kappa shape index (κ3) is 6.55. The van der Waals surface area contributed by atoms with Gasteiger partial charge in [-0.2, -0.15) is 0 Å². The van der Waals surface area contributed by atoms with Crippen LogP contribution >= 0.6 is 0 Å². The van der Waals surface area contributed by atoms with Gasteiger partial charge in [-0.25, -0.2) is 0 Å². The van der Waals surface area contributed by atoms with Crippen LogP contribution in [0.25, 0.3) is 0 Å². The summed E-state index contributed by atoms with van der Waals surface area (Å²) in [6, 6.07) is 10.1. The van der Waals surface area contributed by atoms with E-state index in [1.165, 1.54) is 0 Å². The zero-order valence-corrected chi connectivity index (χ0v) is 22.6. The molecule has 0 aromatic carbocycles. The molecule has 158 valence electrons. The van der Waals surface area contributed by atoms with Gasteiger partial charge in [-0.05, 0) is 54.4 Å². The second-order valence-corrected chi connectivity index (χ2v) is 22.0. The standard InChI is InChI=1S/C20H48O3Si3/c1-11-24(12-2,13-3)21-20(10,22-25(14-4,15-5)16-6)23-26(17-7,18-8)19-9/h11-19H2,1-10H3. The lowest BCUT2D eigenvalue weighted by Crippen LogP contribution is -2.58. The van der Waals surface area contributed by atoms with Crippen LogP contribution in [0.5, 0.6) is 0 Å². The fraction of sp³-hybridized carbons (Fsp3) is 1.00. The number of hydrogen-bond donors (Lipinski definition) is 0. The summed E-state index contributed by atoms with van der Waals surface area (Å²) in [5.41, 5.74) is 0. The normalized spacial score (nSPS) is 14.1. The van der Waals surface area contributed by atoms with Crippen molar-refractivity contribution in [2.24, 2.45) is 0 Å². The zero-order chi connectivity index (χ0) is 20.5. The van der Waals surface area contributed by atoms with E-state index in [1.54, 1.807) is 0 Å². The van der Waals surface area contributed by atoms with Crippen LogP contribution in [-0.4, -0.2) is 30.9 Å². The fourth-order valence-corrected chi connectivity index (χ4v) is 12.8. The molecule has 3 nitrogen and oxygen atoms in total. The highest BCUT2D eigenvalue weighted by Crippen LogP contribution is 2.38. The summed E-state index contributed by atoms with van der Waals surface area (Å²) < 4.78 is 20.9. The van der Waals surface area contributed by atoms with E-state index in [0.717, 1.165) is 54.4 Å². The summed E-state index contributed by atoms with van der Waals surface area (Å²) in [5.74, 6) is -0.850. The molecule has 0 aliphatic heterocycles. The Labute approximate surface area is 168 Å². The maximum absolute atomic E-state index is 6.96. The quantitative estimate of drug-likeness (QED) is 0.200. The summed E-state index contributed by atoms with van der Waals surface area (Å²) in [6.07, 6.45) is 0. The Kier molecular flexibility index (Phi) is 11.7. The molecule has 0 aliphatic carbocycles. The van der Waals surface area contributed by atoms with Crippen LogP contribution in [0.1, 0.15) is 69.2 Å². The maximum Gasteiger partial charge on any atom is 0.251 e. The van der Waals surface area contributed by atoms with Gasteiger partial charge >= 0.3 is 0 Å². The van der Waals surface area contributed by atoms with E-state index in [2.05, 4.69) is 69.2 Å². The van der Waals surface area contributed by atoms with Crippen LogP contribution in [0, 0.1) is 0 Å². The molecule has 0 saturated carbocycles. The Morgan fingerprint density at radius 3 is 0.692 bits per heavy atom. The lowest BCUT2D eigenvalue weighted by Gasteiger charge is -2.48. The van der Waals surface area contributed by atoms with Gasteiger partial charge in [-0.1, -0.05) is 62.3 Å². The van der Waals surface area contributed by atoms with Crippen LogP contribution in [0.2, 0.25) is 54.4 Å². The predicted octanol–water partition coefficient (Wildman–Crippen LogP) is 7.73. The Hall–Kier alpha value is 0.531. The predicted molar refractivity (Wildman–Crippen MR) is 123 cm³/mol. The molecule has 0 saturated heterocycles. The van der Waals surface area contributed by atoms with Crippen molar-refractivity contribution in [3.8, 4) is 0 Å². The van der Waals surface area contributed by atoms with E-state index in [4.69, 9.17) is 13.3 Å². The van der Waals surface area contributed by atoms with Gasteiger partial charge in [0, 0.05) is 6.92 Å². The first-order chi connectivity index (χ1) is 12.2. The van der Waals surface area contributed by atoms with Crippen LogP contribution in [0.3, 0.4) is 0 Å². The van der Waals surface area contributed by atoms with Crippen molar-refractivity contribution in [3.05, 3.63) is 0 Å². The first-order valence-corrected chi connectivity index (χ1v) is 18.9. The Balaban J connectivity index is 5.99. The molecule has 0 heterocycles. The van der Waals surface area contributed by atoms with E-state index in [0.29, 0.717) is 0 Å². The van der Waals surface area contributed by atoms with E-state index in [-0.39, 0.29) is 0 Å². The summed E-state index contributed by atoms with van der Waals surface area (Å²) in [6.45, 7) is 22.7. The Morgan fingerprint density at radius 2 is 0.577 bits per heavy atom. The second kappa shape index (κ2) is 11.5. The molecule has 0 unspecified atom stereocenters. The molecular formula is C20H48O3Si3. The minimum absolute atomic E-state index is 0.850. The van der Waals surface area contributed by atoms with Crippen LogP contribution in [0.4, 0.5) is 0 Å². The van der Waals surface area contributed by atoms with Gasteiger partial charge in [0.2, 0.25) is 0 Å². The van der Waals surface area contributed by atoms with Crippen LogP contribution in [-0.2, 0) is 13.3 Å². The minimum atomic E-state index is -1.83. The number of rotatable bonds is 15. The lowest BCUT2D eigenvalue weighted by molar-refractivity contribution is -0.259. The van der Waals surface area contributed by atoms with Crippen LogP contribution < -0.4 is 0 Å². The monoisotopic (exact) mass is 420 g/mol. The molecule has 0 aromatic heterocycles. The highest BCUT2D eigenvalue weighted by atomic mass is 28.4. The molecule has 0 N–H and O–H groups in total. The lowest BCUT2D eigenvalue weighted by atomic mass is 10.7. The molecule has 0 fully saturated rings. The molecule has 0 rings (SSSR count). The smallest absolute Gasteiger partial charge is 0.251 e. The summed E-state index contributed by atoms with van der Waals surface area (Å²) >= 11 is 0. The van der Waals surface area contributed by atoms with Gasteiger partial charge < -0.3 is 13.3 Å². The molecule has 6 heteroatoms. The molecular weight excluding hydrogens is 372 g/mol. The first kappa shape index (κ1) is 26.5. The molecule has 0 amide bonds. The summed E-state index contributed by atoms with van der Waals surface area (Å²) in [5, 5.41) is 0. The van der Waals surface area contributed by atoms with E-state index in [9.17, 15) is 0 Å². The third-order valence-electron chi connectivity index (χ3n) is 7.00. The summed E-state index contributed by atoms with van der Waals surface area (Å²) in [7, 11) is -5.50. The van der Waals surface area contributed by atoms with E-state index < -0.39 is 30.9 Å². The Bertz CT molecular complexity index is 299. The van der Waals surface area contributed by atoms with Gasteiger partial charge in [0.05, 0.1) is 0 Å². The first-order valence-electron chi connectivity index (χ1n) is 11.3.